The van der Waals surface area contributed by atoms with E-state index in [4.69, 9.17) is 16.3 Å². The van der Waals surface area contributed by atoms with Gasteiger partial charge in [0.2, 0.25) is 10.0 Å². The lowest BCUT2D eigenvalue weighted by atomic mass is 10.3. The van der Waals surface area contributed by atoms with Gasteiger partial charge in [-0.05, 0) is 12.1 Å². The molecule has 0 aliphatic carbocycles. The highest BCUT2D eigenvalue weighted by Gasteiger charge is 2.27. The van der Waals surface area contributed by atoms with Crippen LogP contribution >= 0.6 is 11.6 Å². The van der Waals surface area contributed by atoms with Crippen molar-refractivity contribution in [2.24, 2.45) is 0 Å². The average molecular weight is 293 g/mol. The van der Waals surface area contributed by atoms with Gasteiger partial charge in [-0.15, -0.1) is 0 Å². The molecule has 1 aliphatic heterocycles. The molecule has 2 rings (SSSR count). The van der Waals surface area contributed by atoms with Gasteiger partial charge in [-0.2, -0.15) is 0 Å². The highest BCUT2D eigenvalue weighted by atomic mass is 35.5. The minimum atomic E-state index is -3.79. The average Bonchev–Trinajstić information content (AvgIpc) is 2.23. The topological polar surface area (TPSA) is 98.5 Å². The van der Waals surface area contributed by atoms with Crippen molar-refractivity contribution in [1.29, 1.82) is 0 Å². The Kier molecular flexibility index (Phi) is 3.53. The van der Waals surface area contributed by atoms with E-state index in [-0.39, 0.29) is 16.0 Å². The smallest absolute Gasteiger partial charge is 0.289 e. The predicted octanol–water partition coefficient (Wildman–Crippen LogP) is 0.925. The maximum atomic E-state index is 11.9. The third-order valence-corrected chi connectivity index (χ3v) is 4.22. The summed E-state index contributed by atoms with van der Waals surface area (Å²) in [5.41, 5.74) is -0.440. The van der Waals surface area contributed by atoms with Crippen molar-refractivity contribution in [1.82, 2.24) is 4.72 Å². The lowest BCUT2D eigenvalue weighted by molar-refractivity contribution is -0.384. The summed E-state index contributed by atoms with van der Waals surface area (Å²) < 4.78 is 31.0. The first-order valence-corrected chi connectivity index (χ1v) is 6.80. The third-order valence-electron chi connectivity index (χ3n) is 2.38. The summed E-state index contributed by atoms with van der Waals surface area (Å²) >= 11 is 5.61. The Morgan fingerprint density at radius 2 is 2.11 bits per heavy atom. The summed E-state index contributed by atoms with van der Waals surface area (Å²) in [6.45, 7) is 0.601. The number of nitrogens with one attached hydrogen (secondary N) is 1. The first-order valence-electron chi connectivity index (χ1n) is 4.94. The molecule has 1 N–H and O–H groups in total. The Morgan fingerprint density at radius 1 is 1.44 bits per heavy atom. The Labute approximate surface area is 108 Å². The van der Waals surface area contributed by atoms with E-state index in [0.717, 1.165) is 6.07 Å². The second kappa shape index (κ2) is 4.81. The Bertz CT molecular complexity index is 585. The molecular formula is C9H9ClN2O5S. The molecule has 0 unspecified atom stereocenters. The van der Waals surface area contributed by atoms with Crippen molar-refractivity contribution in [2.45, 2.75) is 10.9 Å². The van der Waals surface area contributed by atoms with Crippen LogP contribution in [-0.4, -0.2) is 32.6 Å². The second-order valence-corrected chi connectivity index (χ2v) is 5.85. The molecule has 0 saturated carbocycles. The summed E-state index contributed by atoms with van der Waals surface area (Å²) in [5, 5.41) is 10.6. The van der Waals surface area contributed by atoms with Crippen LogP contribution < -0.4 is 4.72 Å². The van der Waals surface area contributed by atoms with Gasteiger partial charge in [0, 0.05) is 6.07 Å². The normalized spacial score (nSPS) is 16.3. The van der Waals surface area contributed by atoms with Crippen molar-refractivity contribution in [3.05, 3.63) is 33.3 Å². The fourth-order valence-corrected chi connectivity index (χ4v) is 2.80. The Balaban J connectivity index is 2.32. The van der Waals surface area contributed by atoms with E-state index < -0.39 is 20.6 Å². The summed E-state index contributed by atoms with van der Waals surface area (Å²) in [7, 11) is -3.79. The van der Waals surface area contributed by atoms with E-state index in [1.165, 1.54) is 12.1 Å². The number of rotatable bonds is 4. The fourth-order valence-electron chi connectivity index (χ4n) is 1.39. The quantitative estimate of drug-likeness (QED) is 0.657. The van der Waals surface area contributed by atoms with Crippen LogP contribution in [0.1, 0.15) is 0 Å². The lowest BCUT2D eigenvalue weighted by Gasteiger charge is -2.26. The standard InChI is InChI=1S/C9H9ClN2O5S/c10-8-2-1-7(3-9(8)12(13)14)18(15,16)11-6-4-17-5-6/h1-3,6,11H,4-5H2. The van der Waals surface area contributed by atoms with E-state index in [9.17, 15) is 18.5 Å². The molecule has 0 spiro atoms. The molecule has 9 heteroatoms. The maximum absolute atomic E-state index is 11.9. The molecule has 98 valence electrons. The van der Waals surface area contributed by atoms with Crippen molar-refractivity contribution in [2.75, 3.05) is 13.2 Å². The van der Waals surface area contributed by atoms with Crippen molar-refractivity contribution in [3.8, 4) is 0 Å². The van der Waals surface area contributed by atoms with Gasteiger partial charge < -0.3 is 4.74 Å². The molecule has 1 aromatic carbocycles. The SMILES string of the molecule is O=[N+]([O-])c1cc(S(=O)(=O)NC2COC2)ccc1Cl. The molecule has 0 aromatic heterocycles. The molecule has 0 amide bonds. The molecule has 0 radical (unpaired) electrons. The number of ether oxygens (including phenoxy) is 1. The van der Waals surface area contributed by atoms with Crippen LogP contribution in [0.3, 0.4) is 0 Å². The van der Waals surface area contributed by atoms with E-state index >= 15 is 0 Å². The number of halogens is 1. The zero-order chi connectivity index (χ0) is 13.3. The summed E-state index contributed by atoms with van der Waals surface area (Å²) in [6.07, 6.45) is 0. The van der Waals surface area contributed by atoms with Crippen LogP contribution in [0.4, 0.5) is 5.69 Å². The van der Waals surface area contributed by atoms with Gasteiger partial charge in [0.25, 0.3) is 5.69 Å². The van der Waals surface area contributed by atoms with Gasteiger partial charge in [0.05, 0.1) is 29.1 Å². The van der Waals surface area contributed by atoms with Crippen LogP contribution in [0.5, 0.6) is 0 Å². The molecule has 1 heterocycles. The first kappa shape index (κ1) is 13.2. The minimum Gasteiger partial charge on any atom is -0.378 e. The van der Waals surface area contributed by atoms with Crippen LogP contribution in [0.15, 0.2) is 23.1 Å². The number of benzene rings is 1. The highest BCUT2D eigenvalue weighted by Crippen LogP contribution is 2.27. The van der Waals surface area contributed by atoms with Gasteiger partial charge in [-0.1, -0.05) is 11.6 Å². The predicted molar refractivity (Wildman–Crippen MR) is 63.0 cm³/mol. The summed E-state index contributed by atoms with van der Waals surface area (Å²) in [6, 6.07) is 3.05. The minimum absolute atomic E-state index is 0.106. The van der Waals surface area contributed by atoms with Gasteiger partial charge in [0.1, 0.15) is 5.02 Å². The molecular weight excluding hydrogens is 284 g/mol. The highest BCUT2D eigenvalue weighted by molar-refractivity contribution is 7.89. The van der Waals surface area contributed by atoms with E-state index in [0.29, 0.717) is 13.2 Å². The molecule has 1 saturated heterocycles. The number of sulfonamides is 1. The Hall–Kier alpha value is -1.22. The second-order valence-electron chi connectivity index (χ2n) is 3.73. The molecule has 18 heavy (non-hydrogen) atoms. The van der Waals surface area contributed by atoms with Crippen LogP contribution in [-0.2, 0) is 14.8 Å². The van der Waals surface area contributed by atoms with Crippen LogP contribution in [0.25, 0.3) is 0 Å². The Morgan fingerprint density at radius 3 is 2.61 bits per heavy atom. The van der Waals surface area contributed by atoms with Gasteiger partial charge in [0.15, 0.2) is 0 Å². The van der Waals surface area contributed by atoms with Crippen LogP contribution in [0, 0.1) is 10.1 Å². The molecule has 1 aromatic rings. The summed E-state index contributed by atoms with van der Waals surface area (Å²) in [5.74, 6) is 0. The fraction of sp³-hybridized carbons (Fsp3) is 0.333. The van der Waals surface area contributed by atoms with Crippen molar-refractivity contribution < 1.29 is 18.1 Å². The van der Waals surface area contributed by atoms with E-state index in [1.807, 2.05) is 0 Å². The van der Waals surface area contributed by atoms with Crippen molar-refractivity contribution in [3.63, 3.8) is 0 Å². The van der Waals surface area contributed by atoms with Crippen molar-refractivity contribution >= 4 is 27.3 Å². The van der Waals surface area contributed by atoms with Gasteiger partial charge in [-0.25, -0.2) is 13.1 Å². The number of hydrogen-bond donors (Lipinski definition) is 1. The van der Waals surface area contributed by atoms with Crippen LogP contribution in [0.2, 0.25) is 5.02 Å². The summed E-state index contributed by atoms with van der Waals surface area (Å²) in [4.78, 5) is 9.76. The molecule has 1 fully saturated rings. The number of nitro benzene ring substituents is 1. The maximum Gasteiger partial charge on any atom is 0.289 e. The lowest BCUT2D eigenvalue weighted by Crippen LogP contribution is -2.48. The monoisotopic (exact) mass is 292 g/mol. The first-order chi connectivity index (χ1) is 8.40. The van der Waals surface area contributed by atoms with Gasteiger partial charge >= 0.3 is 0 Å². The number of nitrogens with zero attached hydrogens (tertiary/aromatic N) is 1. The van der Waals surface area contributed by atoms with E-state index in [1.54, 1.807) is 0 Å². The zero-order valence-electron chi connectivity index (χ0n) is 9.00. The largest absolute Gasteiger partial charge is 0.378 e. The molecule has 0 bridgehead atoms. The number of nitro groups is 1. The van der Waals surface area contributed by atoms with E-state index in [2.05, 4.69) is 4.72 Å². The third kappa shape index (κ3) is 2.61. The number of hydrogen-bond acceptors (Lipinski definition) is 5. The molecule has 0 atom stereocenters. The molecule has 1 aliphatic rings. The molecule has 7 nitrogen and oxygen atoms in total. The van der Waals surface area contributed by atoms with Gasteiger partial charge in [-0.3, -0.25) is 10.1 Å². The zero-order valence-corrected chi connectivity index (χ0v) is 10.6.